The average Bonchev–Trinajstić information content (AvgIpc) is 2.69. The molecule has 7 nitrogen and oxygen atoms in total. The van der Waals surface area contributed by atoms with Gasteiger partial charge >= 0.3 is 0 Å². The second-order valence-corrected chi connectivity index (χ2v) is 7.86. The summed E-state index contributed by atoms with van der Waals surface area (Å²) in [5, 5.41) is 0. The second-order valence-electron chi connectivity index (χ2n) is 6.09. The summed E-state index contributed by atoms with van der Waals surface area (Å²) < 4.78 is 48.9. The maximum absolute atomic E-state index is 12.6. The van der Waals surface area contributed by atoms with E-state index in [0.717, 1.165) is 11.1 Å². The smallest absolute Gasteiger partial charge is 0.240 e. The molecule has 28 heavy (non-hydrogen) atoms. The summed E-state index contributed by atoms with van der Waals surface area (Å²) in [7, 11) is 1.12. The molecule has 0 aliphatic heterocycles. The average molecular weight is 410 g/mol. The van der Waals surface area contributed by atoms with Crippen molar-refractivity contribution in [2.24, 2.45) is 0 Å². The molecule has 1 N–H and O–H groups in total. The first kappa shape index (κ1) is 22.0. The molecule has 0 unspecified atom stereocenters. The van der Waals surface area contributed by atoms with Crippen molar-refractivity contribution < 1.29 is 27.4 Å². The minimum absolute atomic E-state index is 0.196. The number of nitrogens with one attached hydrogen (secondary N) is 1. The first-order valence-electron chi connectivity index (χ1n) is 8.84. The molecular weight excluding hydrogens is 382 g/mol. The van der Waals surface area contributed by atoms with Crippen LogP contribution < -0.4 is 18.9 Å². The van der Waals surface area contributed by atoms with Gasteiger partial charge in [-0.05, 0) is 60.9 Å². The summed E-state index contributed by atoms with van der Waals surface area (Å²) in [6.07, 6.45) is 0.469. The van der Waals surface area contributed by atoms with Crippen molar-refractivity contribution in [2.45, 2.75) is 18.2 Å². The van der Waals surface area contributed by atoms with Gasteiger partial charge in [0.15, 0.2) is 0 Å². The van der Waals surface area contributed by atoms with E-state index in [-0.39, 0.29) is 11.4 Å². The van der Waals surface area contributed by atoms with Gasteiger partial charge in [-0.1, -0.05) is 0 Å². The highest BCUT2D eigenvalue weighted by atomic mass is 32.2. The fourth-order valence-electron chi connectivity index (χ4n) is 2.67. The molecule has 0 saturated carbocycles. The largest absolute Gasteiger partial charge is 0.497 e. The fraction of sp³-hybridized carbons (Fsp3) is 0.400. The van der Waals surface area contributed by atoms with Crippen LogP contribution in [0, 0.1) is 6.92 Å². The molecule has 2 aromatic carbocycles. The molecule has 0 heterocycles. The zero-order valence-electron chi connectivity index (χ0n) is 16.7. The summed E-state index contributed by atoms with van der Waals surface area (Å²) in [5.41, 5.74) is 1.61. The summed E-state index contributed by atoms with van der Waals surface area (Å²) in [6, 6.07) is 10.2. The van der Waals surface area contributed by atoms with Gasteiger partial charge in [0, 0.05) is 13.7 Å². The molecule has 0 aliphatic rings. The van der Waals surface area contributed by atoms with Crippen LogP contribution in [0.4, 0.5) is 0 Å². The van der Waals surface area contributed by atoms with Gasteiger partial charge in [-0.3, -0.25) is 0 Å². The van der Waals surface area contributed by atoms with Gasteiger partial charge in [-0.2, -0.15) is 0 Å². The van der Waals surface area contributed by atoms with E-state index in [9.17, 15) is 8.42 Å². The van der Waals surface area contributed by atoms with Crippen LogP contribution in [0.25, 0.3) is 0 Å². The lowest BCUT2D eigenvalue weighted by molar-refractivity contribution is 0.146. The van der Waals surface area contributed by atoms with Gasteiger partial charge < -0.3 is 18.9 Å². The van der Waals surface area contributed by atoms with E-state index in [1.54, 1.807) is 45.6 Å². The first-order chi connectivity index (χ1) is 13.4. The van der Waals surface area contributed by atoms with Crippen molar-refractivity contribution in [3.05, 3.63) is 47.5 Å². The summed E-state index contributed by atoms with van der Waals surface area (Å²) in [5.74, 6) is 2.02. The van der Waals surface area contributed by atoms with Crippen LogP contribution in [0.5, 0.6) is 17.2 Å². The van der Waals surface area contributed by atoms with Gasteiger partial charge in [0.05, 0.1) is 25.7 Å². The van der Waals surface area contributed by atoms with E-state index < -0.39 is 10.0 Å². The first-order valence-corrected chi connectivity index (χ1v) is 10.3. The summed E-state index contributed by atoms with van der Waals surface area (Å²) in [4.78, 5) is 0.196. The molecule has 0 spiro atoms. The highest BCUT2D eigenvalue weighted by Crippen LogP contribution is 2.25. The van der Waals surface area contributed by atoms with E-state index in [1.165, 1.54) is 6.07 Å². The van der Waals surface area contributed by atoms with Gasteiger partial charge in [0.2, 0.25) is 10.0 Å². The fourth-order valence-corrected chi connectivity index (χ4v) is 3.78. The van der Waals surface area contributed by atoms with Crippen molar-refractivity contribution in [2.75, 3.05) is 41.1 Å². The zero-order valence-corrected chi connectivity index (χ0v) is 17.5. The van der Waals surface area contributed by atoms with Crippen molar-refractivity contribution >= 4 is 10.0 Å². The third-order valence-electron chi connectivity index (χ3n) is 4.18. The Morgan fingerprint density at radius 2 is 1.68 bits per heavy atom. The van der Waals surface area contributed by atoms with E-state index in [1.807, 2.05) is 13.0 Å². The second kappa shape index (κ2) is 10.3. The van der Waals surface area contributed by atoms with Gasteiger partial charge in [0.25, 0.3) is 0 Å². The minimum atomic E-state index is -3.63. The van der Waals surface area contributed by atoms with Crippen LogP contribution >= 0.6 is 0 Å². The highest BCUT2D eigenvalue weighted by Gasteiger charge is 2.16. The van der Waals surface area contributed by atoms with Gasteiger partial charge in [-0.25, -0.2) is 13.1 Å². The Morgan fingerprint density at radius 1 is 0.929 bits per heavy atom. The third-order valence-corrected chi connectivity index (χ3v) is 5.63. The Kier molecular flexibility index (Phi) is 8.10. The Bertz CT molecular complexity index is 882. The van der Waals surface area contributed by atoms with Crippen molar-refractivity contribution in [1.29, 1.82) is 0 Å². The van der Waals surface area contributed by atoms with Gasteiger partial charge in [0.1, 0.15) is 23.9 Å². The monoisotopic (exact) mass is 409 g/mol. The van der Waals surface area contributed by atoms with Crippen LogP contribution in [0.1, 0.15) is 11.1 Å². The standard InChI is InChI=1S/C20H27NO6S/c1-15-13-18(6-8-19(15)27-12-11-24-2)28(22,23)21-10-9-16-14-17(25-3)5-7-20(16)26-4/h5-8,13-14,21H,9-12H2,1-4H3. The van der Waals surface area contributed by atoms with Crippen molar-refractivity contribution in [3.63, 3.8) is 0 Å². The van der Waals surface area contributed by atoms with Crippen molar-refractivity contribution in [3.8, 4) is 17.2 Å². The third kappa shape index (κ3) is 5.85. The molecule has 2 aromatic rings. The molecule has 0 fully saturated rings. The Balaban J connectivity index is 2.03. The van der Waals surface area contributed by atoms with Gasteiger partial charge in [-0.15, -0.1) is 0 Å². The summed E-state index contributed by atoms with van der Waals surface area (Å²) >= 11 is 0. The molecule has 0 radical (unpaired) electrons. The molecule has 154 valence electrons. The maximum Gasteiger partial charge on any atom is 0.240 e. The number of methoxy groups -OCH3 is 3. The minimum Gasteiger partial charge on any atom is -0.497 e. The van der Waals surface area contributed by atoms with E-state index in [0.29, 0.717) is 36.9 Å². The quantitative estimate of drug-likeness (QED) is 0.575. The number of ether oxygens (including phenoxy) is 4. The molecule has 0 saturated heterocycles. The normalized spacial score (nSPS) is 11.3. The molecule has 0 aromatic heterocycles. The van der Waals surface area contributed by atoms with E-state index in [4.69, 9.17) is 18.9 Å². The van der Waals surface area contributed by atoms with E-state index in [2.05, 4.69) is 4.72 Å². The van der Waals surface area contributed by atoms with Crippen LogP contribution in [-0.4, -0.2) is 49.5 Å². The molecule has 8 heteroatoms. The molecule has 0 amide bonds. The Hall–Kier alpha value is -2.29. The topological polar surface area (TPSA) is 83.1 Å². The SMILES string of the molecule is COCCOc1ccc(S(=O)(=O)NCCc2cc(OC)ccc2OC)cc1C. The molecule has 0 atom stereocenters. The number of aryl methyl sites for hydroxylation is 1. The van der Waals surface area contributed by atoms with Crippen molar-refractivity contribution in [1.82, 2.24) is 4.72 Å². The summed E-state index contributed by atoms with van der Waals surface area (Å²) in [6.45, 7) is 2.91. The lowest BCUT2D eigenvalue weighted by Gasteiger charge is -2.13. The number of rotatable bonds is 11. The number of sulfonamides is 1. The van der Waals surface area contributed by atoms with Crippen LogP contribution in [0.2, 0.25) is 0 Å². The molecule has 0 bridgehead atoms. The Morgan fingerprint density at radius 3 is 2.32 bits per heavy atom. The predicted octanol–water partition coefficient (Wildman–Crippen LogP) is 2.56. The van der Waals surface area contributed by atoms with Crippen LogP contribution in [0.3, 0.4) is 0 Å². The predicted molar refractivity (Wildman–Crippen MR) is 107 cm³/mol. The van der Waals surface area contributed by atoms with E-state index >= 15 is 0 Å². The number of hydrogen-bond acceptors (Lipinski definition) is 6. The number of benzene rings is 2. The molecule has 2 rings (SSSR count). The van der Waals surface area contributed by atoms with Crippen LogP contribution in [-0.2, 0) is 21.2 Å². The number of hydrogen-bond donors (Lipinski definition) is 1. The Labute approximate surface area is 166 Å². The zero-order chi connectivity index (χ0) is 20.6. The maximum atomic E-state index is 12.6. The lowest BCUT2D eigenvalue weighted by Crippen LogP contribution is -2.26. The highest BCUT2D eigenvalue weighted by molar-refractivity contribution is 7.89. The lowest BCUT2D eigenvalue weighted by atomic mass is 10.1. The molecular formula is C20H27NO6S. The molecule has 0 aliphatic carbocycles. The van der Waals surface area contributed by atoms with Crippen LogP contribution in [0.15, 0.2) is 41.3 Å².